The van der Waals surface area contributed by atoms with Crippen molar-refractivity contribution < 1.29 is 17.6 Å². The number of fused-ring (bicyclic) bond motifs is 1. The van der Waals surface area contributed by atoms with Crippen LogP contribution in [0.25, 0.3) is 10.9 Å². The first kappa shape index (κ1) is 25.3. The van der Waals surface area contributed by atoms with Crippen molar-refractivity contribution in [2.45, 2.75) is 29.2 Å². The number of H-pyrrole nitrogens is 1. The minimum atomic E-state index is -4.25. The third kappa shape index (κ3) is 4.82. The summed E-state index contributed by atoms with van der Waals surface area (Å²) in [6.45, 7) is 0.136. The number of nitrogens with zero attached hydrogens (tertiary/aromatic N) is 1. The highest BCUT2D eigenvalue weighted by atomic mass is 79.9. The average molecular weight is 581 g/mol. The van der Waals surface area contributed by atoms with Gasteiger partial charge in [-0.15, -0.1) is 0 Å². The second-order valence-corrected chi connectivity index (χ2v) is 11.3. The van der Waals surface area contributed by atoms with Crippen molar-refractivity contribution in [3.8, 4) is 0 Å². The van der Waals surface area contributed by atoms with Gasteiger partial charge in [-0.3, -0.25) is 14.6 Å². The fourth-order valence-corrected chi connectivity index (χ4v) is 6.25. The highest BCUT2D eigenvalue weighted by Crippen LogP contribution is 2.37. The number of halogens is 3. The van der Waals surface area contributed by atoms with E-state index in [0.717, 1.165) is 23.9 Å². The number of carbonyl (C=O) groups excluding carboxylic acids is 1. The summed E-state index contributed by atoms with van der Waals surface area (Å²) in [7, 11) is -4.25. The van der Waals surface area contributed by atoms with E-state index >= 15 is 0 Å². The molecule has 182 valence electrons. The maximum Gasteiger partial charge on any atom is 0.257 e. The van der Waals surface area contributed by atoms with Crippen LogP contribution in [0.4, 0.5) is 4.39 Å². The zero-order valence-corrected chi connectivity index (χ0v) is 21.4. The quantitative estimate of drug-likeness (QED) is 0.382. The minimum absolute atomic E-state index is 0.0839. The molecule has 35 heavy (non-hydrogen) atoms. The predicted octanol–water partition coefficient (Wildman–Crippen LogP) is 4.54. The van der Waals surface area contributed by atoms with Crippen LogP contribution in [0, 0.1) is 5.82 Å². The number of aromatic nitrogens is 1. The number of amides is 1. The Morgan fingerprint density at radius 2 is 1.97 bits per heavy atom. The summed E-state index contributed by atoms with van der Waals surface area (Å²) in [6, 6.07) is 8.58. The summed E-state index contributed by atoms with van der Waals surface area (Å²) in [4.78, 5) is 30.7. The van der Waals surface area contributed by atoms with Gasteiger partial charge in [0.25, 0.3) is 5.91 Å². The van der Waals surface area contributed by atoms with E-state index in [1.807, 2.05) is 0 Å². The van der Waals surface area contributed by atoms with Crippen LogP contribution in [0.5, 0.6) is 0 Å². The number of aromatic amines is 1. The molecule has 4 rings (SSSR count). The summed E-state index contributed by atoms with van der Waals surface area (Å²) in [5.74, 6) is -1.60. The molecular weight excluding hydrogens is 561 g/mol. The van der Waals surface area contributed by atoms with Crippen molar-refractivity contribution >= 4 is 60.4 Å². The number of nitrogens with one attached hydrogen (secondary N) is 2. The van der Waals surface area contributed by atoms with Crippen molar-refractivity contribution in [3.63, 3.8) is 0 Å². The Labute approximate surface area is 214 Å². The Kier molecular flexibility index (Phi) is 7.25. The number of benzene rings is 2. The van der Waals surface area contributed by atoms with Crippen molar-refractivity contribution in [3.05, 3.63) is 86.9 Å². The molecule has 0 spiro atoms. The van der Waals surface area contributed by atoms with Crippen molar-refractivity contribution in [2.75, 3.05) is 5.33 Å². The monoisotopic (exact) mass is 579 g/mol. The number of allylic oxidation sites excluding steroid dienone is 1. The lowest BCUT2D eigenvalue weighted by Gasteiger charge is -2.25. The first-order valence-electron chi connectivity index (χ1n) is 10.6. The van der Waals surface area contributed by atoms with E-state index in [2.05, 4.69) is 31.2 Å². The van der Waals surface area contributed by atoms with E-state index in [9.17, 15) is 22.4 Å². The van der Waals surface area contributed by atoms with E-state index in [1.54, 1.807) is 24.3 Å². The number of hydrogen-bond acceptors (Lipinski definition) is 5. The lowest BCUT2D eigenvalue weighted by Crippen LogP contribution is -2.34. The van der Waals surface area contributed by atoms with Crippen LogP contribution in [-0.4, -0.2) is 35.7 Å². The highest BCUT2D eigenvalue weighted by Gasteiger charge is 2.44. The SMILES string of the molecule is O=C(NCc1ccc(Cl)cc1)c1c[nH]c2c(S(=O)(=O)C3(CCCBr)C=CC=N3)cc(F)cc2c1=O. The van der Waals surface area contributed by atoms with Gasteiger partial charge in [0, 0.05) is 29.3 Å². The van der Waals surface area contributed by atoms with Gasteiger partial charge in [0.05, 0.1) is 15.8 Å². The average Bonchev–Trinajstić information content (AvgIpc) is 3.33. The molecule has 3 aromatic rings. The first-order chi connectivity index (χ1) is 16.7. The maximum atomic E-state index is 14.6. The van der Waals surface area contributed by atoms with Gasteiger partial charge in [-0.2, -0.15) is 0 Å². The smallest absolute Gasteiger partial charge is 0.257 e. The Morgan fingerprint density at radius 3 is 2.63 bits per heavy atom. The van der Waals surface area contributed by atoms with Crippen LogP contribution in [0.3, 0.4) is 0 Å². The number of pyridine rings is 1. The lowest BCUT2D eigenvalue weighted by atomic mass is 10.1. The summed E-state index contributed by atoms with van der Waals surface area (Å²) in [5.41, 5.74) is -0.380. The van der Waals surface area contributed by atoms with Gasteiger partial charge in [-0.1, -0.05) is 39.7 Å². The Morgan fingerprint density at radius 1 is 1.23 bits per heavy atom. The molecule has 0 saturated heterocycles. The molecule has 1 unspecified atom stereocenters. The maximum absolute atomic E-state index is 14.6. The zero-order valence-electron chi connectivity index (χ0n) is 18.2. The number of sulfone groups is 1. The van der Waals surface area contributed by atoms with Gasteiger partial charge < -0.3 is 10.3 Å². The van der Waals surface area contributed by atoms with Crippen LogP contribution in [0.1, 0.15) is 28.8 Å². The van der Waals surface area contributed by atoms with Crippen LogP contribution in [0.2, 0.25) is 5.02 Å². The fourth-order valence-electron chi connectivity index (χ4n) is 3.88. The number of alkyl halides is 1. The molecule has 0 fully saturated rings. The van der Waals surface area contributed by atoms with Gasteiger partial charge in [0.15, 0.2) is 4.87 Å². The molecule has 1 aliphatic rings. The summed E-state index contributed by atoms with van der Waals surface area (Å²) < 4.78 is 42.0. The van der Waals surface area contributed by atoms with Crippen molar-refractivity contribution in [1.29, 1.82) is 0 Å². The summed E-state index contributed by atoms with van der Waals surface area (Å²) >= 11 is 9.15. The normalized spacial score (nSPS) is 17.2. The standard InChI is InChI=1S/C24H20BrClFN3O4S/c25-9-1-7-24(8-2-10-30-24)35(33,34)20-12-17(27)11-18-21(20)28-14-19(22(18)31)23(32)29-13-15-3-5-16(26)6-4-15/h2-6,8,10-12,14H,1,7,9,13H2,(H,28,31)(H,29,32). The molecule has 0 radical (unpaired) electrons. The molecular formula is C24H20BrClFN3O4S. The van der Waals surface area contributed by atoms with Crippen molar-refractivity contribution in [2.24, 2.45) is 4.99 Å². The third-order valence-electron chi connectivity index (χ3n) is 5.69. The molecule has 1 aromatic heterocycles. The van der Waals surface area contributed by atoms with E-state index in [4.69, 9.17) is 11.6 Å². The molecule has 1 aliphatic heterocycles. The topological polar surface area (TPSA) is 108 Å². The van der Waals surface area contributed by atoms with Crippen LogP contribution >= 0.6 is 27.5 Å². The van der Waals surface area contributed by atoms with E-state index < -0.39 is 36.8 Å². The molecule has 0 saturated carbocycles. The first-order valence-corrected chi connectivity index (χ1v) is 13.6. The van der Waals surface area contributed by atoms with Gasteiger partial charge in [-0.05, 0) is 54.8 Å². The molecule has 2 N–H and O–H groups in total. The summed E-state index contributed by atoms with van der Waals surface area (Å²) in [5, 5.41) is 3.49. The molecule has 1 amide bonds. The van der Waals surface area contributed by atoms with Crippen LogP contribution in [0.15, 0.2) is 69.4 Å². The number of carbonyl (C=O) groups is 1. The summed E-state index contributed by atoms with van der Waals surface area (Å²) in [6.07, 6.45) is 6.18. The van der Waals surface area contributed by atoms with Crippen LogP contribution in [-0.2, 0) is 16.4 Å². The zero-order chi connectivity index (χ0) is 25.2. The second-order valence-electron chi connectivity index (χ2n) is 7.95. The van der Waals surface area contributed by atoms with Crippen molar-refractivity contribution in [1.82, 2.24) is 10.3 Å². The molecule has 11 heteroatoms. The predicted molar refractivity (Wildman–Crippen MR) is 138 cm³/mol. The fraction of sp³-hybridized carbons (Fsp3) is 0.208. The molecule has 0 aliphatic carbocycles. The Bertz CT molecular complexity index is 1510. The number of hydrogen-bond donors (Lipinski definition) is 2. The Hall–Kier alpha value is -2.82. The number of aliphatic imine (C=N–C) groups is 1. The van der Waals surface area contributed by atoms with Gasteiger partial charge in [0.1, 0.15) is 11.4 Å². The largest absolute Gasteiger partial charge is 0.359 e. The molecule has 7 nitrogen and oxygen atoms in total. The Balaban J connectivity index is 1.74. The third-order valence-corrected chi connectivity index (χ3v) is 8.78. The molecule has 1 atom stereocenters. The van der Waals surface area contributed by atoms with E-state index in [0.29, 0.717) is 16.8 Å². The van der Waals surface area contributed by atoms with Gasteiger partial charge in [-0.25, -0.2) is 12.8 Å². The lowest BCUT2D eigenvalue weighted by molar-refractivity contribution is 0.0949. The number of rotatable bonds is 8. The van der Waals surface area contributed by atoms with Crippen LogP contribution < -0.4 is 10.7 Å². The molecule has 2 aromatic carbocycles. The van der Waals surface area contributed by atoms with E-state index in [-0.39, 0.29) is 29.4 Å². The molecule has 2 heterocycles. The molecule has 0 bridgehead atoms. The van der Waals surface area contributed by atoms with E-state index in [1.165, 1.54) is 18.4 Å². The highest BCUT2D eigenvalue weighted by molar-refractivity contribution is 9.09. The van der Waals surface area contributed by atoms with Gasteiger partial charge >= 0.3 is 0 Å². The second kappa shape index (κ2) is 10.0. The minimum Gasteiger partial charge on any atom is -0.359 e. The van der Waals surface area contributed by atoms with Gasteiger partial charge in [0.2, 0.25) is 15.3 Å².